The van der Waals surface area contributed by atoms with Gasteiger partial charge in [0.05, 0.1) is 12.5 Å². The highest BCUT2D eigenvalue weighted by molar-refractivity contribution is 5.77. The molecule has 0 unspecified atom stereocenters. The van der Waals surface area contributed by atoms with Crippen LogP contribution in [0, 0.1) is 11.7 Å². The Labute approximate surface area is 122 Å². The Balaban J connectivity index is 1.47. The Morgan fingerprint density at radius 3 is 2.86 bits per heavy atom. The van der Waals surface area contributed by atoms with Crippen LogP contribution in [0.4, 0.5) is 4.39 Å². The van der Waals surface area contributed by atoms with Crippen molar-refractivity contribution in [2.75, 3.05) is 6.61 Å². The number of aromatic nitrogens is 2. The van der Waals surface area contributed by atoms with E-state index in [9.17, 15) is 9.18 Å². The fraction of sp³-hybridized carbons (Fsp3) is 0.375. The number of rotatable bonds is 5. The third-order valence-corrected chi connectivity index (χ3v) is 3.88. The summed E-state index contributed by atoms with van der Waals surface area (Å²) in [5.74, 6) is 0.559. The summed E-state index contributed by atoms with van der Waals surface area (Å²) in [7, 11) is 1.91. The minimum Gasteiger partial charge on any atom is -0.465 e. The van der Waals surface area contributed by atoms with Crippen molar-refractivity contribution in [3.05, 3.63) is 53.9 Å². The number of hydrogen-bond acceptors (Lipinski definition) is 3. The molecule has 1 aliphatic carbocycles. The largest absolute Gasteiger partial charge is 0.465 e. The van der Waals surface area contributed by atoms with Crippen molar-refractivity contribution < 1.29 is 13.9 Å². The molecule has 1 saturated carbocycles. The molecular weight excluding hydrogens is 271 g/mol. The number of nitrogens with zero attached hydrogens (tertiary/aromatic N) is 2. The molecule has 0 radical (unpaired) electrons. The van der Waals surface area contributed by atoms with Gasteiger partial charge in [-0.3, -0.25) is 4.79 Å². The molecule has 1 aliphatic rings. The van der Waals surface area contributed by atoms with Gasteiger partial charge in [-0.25, -0.2) is 9.37 Å². The number of esters is 1. The van der Waals surface area contributed by atoms with Gasteiger partial charge in [0.1, 0.15) is 11.6 Å². The Hall–Kier alpha value is -2.17. The van der Waals surface area contributed by atoms with E-state index >= 15 is 0 Å². The van der Waals surface area contributed by atoms with Gasteiger partial charge >= 0.3 is 5.97 Å². The van der Waals surface area contributed by atoms with Gasteiger partial charge in [-0.1, -0.05) is 12.1 Å². The normalized spacial score (nSPS) is 20.3. The maximum atomic E-state index is 12.9. The molecule has 1 aromatic heterocycles. The Bertz CT molecular complexity index is 636. The molecule has 1 aromatic carbocycles. The standard InChI is InChI=1S/C16H17FN2O2/c1-19-8-7-18-15(19)6-9-21-16(20)14-10-13(14)11-2-4-12(17)5-3-11/h2-5,7-8,13-14H,6,9-10H2,1H3/t13-,14-/m0/s1. The molecule has 1 heterocycles. The molecule has 0 amide bonds. The number of halogens is 1. The lowest BCUT2D eigenvalue weighted by Crippen LogP contribution is -2.12. The lowest BCUT2D eigenvalue weighted by Gasteiger charge is -2.05. The summed E-state index contributed by atoms with van der Waals surface area (Å²) in [6.45, 7) is 0.344. The van der Waals surface area contributed by atoms with Gasteiger partial charge in [0.25, 0.3) is 0 Å². The minimum absolute atomic E-state index is 0.0863. The predicted octanol–water partition coefficient (Wildman–Crippen LogP) is 2.45. The number of hydrogen-bond donors (Lipinski definition) is 0. The number of carbonyl (C=O) groups excluding carboxylic acids is 1. The van der Waals surface area contributed by atoms with Crippen molar-refractivity contribution >= 4 is 5.97 Å². The second-order valence-corrected chi connectivity index (χ2v) is 5.37. The molecule has 2 aromatic rings. The van der Waals surface area contributed by atoms with Crippen molar-refractivity contribution in [2.45, 2.75) is 18.8 Å². The van der Waals surface area contributed by atoms with Crippen LogP contribution in [0.1, 0.15) is 23.7 Å². The third-order valence-electron chi connectivity index (χ3n) is 3.88. The zero-order chi connectivity index (χ0) is 14.8. The summed E-state index contributed by atoms with van der Waals surface area (Å²) < 4.78 is 20.1. The summed E-state index contributed by atoms with van der Waals surface area (Å²) in [6, 6.07) is 6.33. The summed E-state index contributed by atoms with van der Waals surface area (Å²) >= 11 is 0. The second kappa shape index (κ2) is 5.68. The van der Waals surface area contributed by atoms with Crippen molar-refractivity contribution in [2.24, 2.45) is 13.0 Å². The molecule has 0 N–H and O–H groups in total. The highest BCUT2D eigenvalue weighted by atomic mass is 19.1. The molecule has 4 nitrogen and oxygen atoms in total. The smallest absolute Gasteiger partial charge is 0.309 e. The van der Waals surface area contributed by atoms with Crippen molar-refractivity contribution in [3.8, 4) is 0 Å². The quantitative estimate of drug-likeness (QED) is 0.794. The Morgan fingerprint density at radius 1 is 1.43 bits per heavy atom. The van der Waals surface area contributed by atoms with E-state index in [1.807, 2.05) is 17.8 Å². The zero-order valence-electron chi connectivity index (χ0n) is 11.8. The van der Waals surface area contributed by atoms with Gasteiger partial charge in [-0.2, -0.15) is 0 Å². The lowest BCUT2D eigenvalue weighted by molar-refractivity contribution is -0.145. The Morgan fingerprint density at radius 2 is 2.19 bits per heavy atom. The molecular formula is C16H17FN2O2. The van der Waals surface area contributed by atoms with Crippen molar-refractivity contribution in [3.63, 3.8) is 0 Å². The zero-order valence-corrected chi connectivity index (χ0v) is 11.8. The van der Waals surface area contributed by atoms with Gasteiger partial charge in [0, 0.05) is 25.9 Å². The van der Waals surface area contributed by atoms with Gasteiger partial charge in [-0.15, -0.1) is 0 Å². The Kier molecular flexibility index (Phi) is 3.73. The molecule has 5 heteroatoms. The lowest BCUT2D eigenvalue weighted by atomic mass is 10.1. The van der Waals surface area contributed by atoms with E-state index in [4.69, 9.17) is 4.74 Å². The molecule has 2 atom stereocenters. The van der Waals surface area contributed by atoms with Gasteiger partial charge in [-0.05, 0) is 30.0 Å². The molecule has 0 aliphatic heterocycles. The van der Waals surface area contributed by atoms with Crippen LogP contribution >= 0.6 is 0 Å². The maximum absolute atomic E-state index is 12.9. The van der Waals surface area contributed by atoms with Crippen LogP contribution in [0.3, 0.4) is 0 Å². The summed E-state index contributed by atoms with van der Waals surface area (Å²) in [5.41, 5.74) is 1.00. The second-order valence-electron chi connectivity index (χ2n) is 5.37. The average molecular weight is 288 g/mol. The van der Waals surface area contributed by atoms with Crippen LogP contribution in [0.15, 0.2) is 36.7 Å². The van der Waals surface area contributed by atoms with E-state index in [2.05, 4.69) is 4.98 Å². The van der Waals surface area contributed by atoms with E-state index in [1.54, 1.807) is 18.3 Å². The first kappa shape index (κ1) is 13.8. The molecule has 110 valence electrons. The van der Waals surface area contributed by atoms with E-state index in [0.717, 1.165) is 17.8 Å². The first-order chi connectivity index (χ1) is 10.1. The van der Waals surface area contributed by atoms with Gasteiger partial charge < -0.3 is 9.30 Å². The molecule has 0 saturated heterocycles. The molecule has 0 bridgehead atoms. The summed E-state index contributed by atoms with van der Waals surface area (Å²) in [4.78, 5) is 16.1. The monoisotopic (exact) mass is 288 g/mol. The first-order valence-electron chi connectivity index (χ1n) is 7.03. The van der Waals surface area contributed by atoms with Crippen molar-refractivity contribution in [1.29, 1.82) is 0 Å². The summed E-state index contributed by atoms with van der Waals surface area (Å²) in [6.07, 6.45) is 4.99. The third kappa shape index (κ3) is 3.12. The number of carbonyl (C=O) groups is 1. The van der Waals surface area contributed by atoms with Gasteiger partial charge in [0.2, 0.25) is 0 Å². The molecule has 1 fully saturated rings. The SMILES string of the molecule is Cn1ccnc1CCOC(=O)[C@H]1C[C@H]1c1ccc(F)cc1. The van der Waals surface area contributed by atoms with Crippen LogP contribution in [0.2, 0.25) is 0 Å². The fourth-order valence-electron chi connectivity index (χ4n) is 2.52. The summed E-state index contributed by atoms with van der Waals surface area (Å²) in [5, 5.41) is 0. The number of imidazole rings is 1. The van der Waals surface area contributed by atoms with Crippen LogP contribution < -0.4 is 0 Å². The topological polar surface area (TPSA) is 44.1 Å². The number of benzene rings is 1. The van der Waals surface area contributed by atoms with Gasteiger partial charge in [0.15, 0.2) is 0 Å². The highest BCUT2D eigenvalue weighted by Gasteiger charge is 2.45. The van der Waals surface area contributed by atoms with E-state index in [-0.39, 0.29) is 23.6 Å². The van der Waals surface area contributed by atoms with E-state index < -0.39 is 0 Å². The van der Waals surface area contributed by atoms with Crippen molar-refractivity contribution in [1.82, 2.24) is 9.55 Å². The van der Waals surface area contributed by atoms with E-state index in [0.29, 0.717) is 13.0 Å². The van der Waals surface area contributed by atoms with Crippen LogP contribution in [-0.4, -0.2) is 22.1 Å². The van der Waals surface area contributed by atoms with Crippen LogP contribution in [-0.2, 0) is 23.0 Å². The predicted molar refractivity (Wildman–Crippen MR) is 75.1 cm³/mol. The van der Waals surface area contributed by atoms with E-state index in [1.165, 1.54) is 12.1 Å². The maximum Gasteiger partial charge on any atom is 0.309 e. The molecule has 3 rings (SSSR count). The number of aryl methyl sites for hydroxylation is 1. The fourth-order valence-corrected chi connectivity index (χ4v) is 2.52. The molecule has 0 spiro atoms. The average Bonchev–Trinajstić information content (AvgIpc) is 3.17. The van der Waals surface area contributed by atoms with Crippen LogP contribution in [0.25, 0.3) is 0 Å². The molecule has 21 heavy (non-hydrogen) atoms. The minimum atomic E-state index is -0.256. The first-order valence-corrected chi connectivity index (χ1v) is 7.03. The van der Waals surface area contributed by atoms with Crippen LogP contribution in [0.5, 0.6) is 0 Å². The number of ether oxygens (including phenoxy) is 1. The highest BCUT2D eigenvalue weighted by Crippen LogP contribution is 2.48.